The lowest BCUT2D eigenvalue weighted by atomic mass is 10.3. The molecule has 0 amide bonds. The van der Waals surface area contributed by atoms with Crippen LogP contribution in [0.4, 0.5) is 11.4 Å². The van der Waals surface area contributed by atoms with Crippen LogP contribution in [0.15, 0.2) is 59.5 Å². The molecule has 0 aliphatic heterocycles. The zero-order valence-corrected chi connectivity index (χ0v) is 11.5. The summed E-state index contributed by atoms with van der Waals surface area (Å²) in [5, 5.41) is 18.7. The average molecular weight is 294 g/mol. The first-order valence-corrected chi connectivity index (χ1v) is 7.24. The fourth-order valence-electron chi connectivity index (χ4n) is 1.72. The Kier molecular flexibility index (Phi) is 4.05. The van der Waals surface area contributed by atoms with Crippen LogP contribution in [0.1, 0.15) is 0 Å². The molecule has 0 saturated heterocycles. The first kappa shape index (κ1) is 14.5. The minimum atomic E-state index is -3.78. The Balaban J connectivity index is 2.43. The lowest BCUT2D eigenvalue weighted by Gasteiger charge is -2.20. The Morgan fingerprint density at radius 3 is 2.35 bits per heavy atom. The topological polar surface area (TPSA) is 85.1 Å². The molecule has 2 aromatic carbocycles. The second-order valence-electron chi connectivity index (χ2n) is 4.14. The van der Waals surface area contributed by atoms with Gasteiger partial charge >= 0.3 is 0 Å². The number of rotatable bonds is 4. The van der Waals surface area contributed by atoms with E-state index in [1.54, 1.807) is 30.3 Å². The normalized spacial score (nSPS) is 12.9. The van der Waals surface area contributed by atoms with E-state index in [2.05, 4.69) is 0 Å². The molecular weight excluding hydrogens is 280 g/mol. The second-order valence-corrected chi connectivity index (χ2v) is 6.11. The van der Waals surface area contributed by atoms with Crippen LogP contribution in [0.25, 0.3) is 0 Å². The summed E-state index contributed by atoms with van der Waals surface area (Å²) in [5.41, 5.74) is 0.445. The predicted octanol–water partition coefficient (Wildman–Crippen LogP) is 0.915. The Hall–Kier alpha value is -1.93. The van der Waals surface area contributed by atoms with Crippen LogP contribution in [0.2, 0.25) is 0 Å². The summed E-state index contributed by atoms with van der Waals surface area (Å²) < 4.78 is 26.0. The van der Waals surface area contributed by atoms with E-state index in [9.17, 15) is 13.6 Å². The fourth-order valence-corrected chi connectivity index (χ4v) is 2.97. The zero-order chi connectivity index (χ0) is 14.8. The molecule has 6 nitrogen and oxygen atoms in total. The molecule has 106 valence electrons. The fraction of sp³-hybridized carbons (Fsp3) is 0.0769. The summed E-state index contributed by atoms with van der Waals surface area (Å²) in [6, 6.07) is 13.9. The molecule has 0 aromatic heterocycles. The minimum absolute atomic E-state index is 0.0521. The van der Waals surface area contributed by atoms with E-state index >= 15 is 0 Å². The van der Waals surface area contributed by atoms with E-state index < -0.39 is 15.2 Å². The summed E-state index contributed by atoms with van der Waals surface area (Å²) in [6.45, 7) is 0. The molecule has 0 radical (unpaired) electrons. The largest absolute Gasteiger partial charge is 0.595 e. The SMILES string of the molecule is CN(c1ccccc1)S(=O)(=O)c1cccc([NH+]([O-])O)c1. The van der Waals surface area contributed by atoms with Gasteiger partial charge in [-0.25, -0.2) is 13.6 Å². The third-order valence-corrected chi connectivity index (χ3v) is 4.64. The van der Waals surface area contributed by atoms with Gasteiger partial charge in [-0.3, -0.25) is 4.31 Å². The van der Waals surface area contributed by atoms with Gasteiger partial charge in [0.25, 0.3) is 10.0 Å². The lowest BCUT2D eigenvalue weighted by molar-refractivity contribution is -0.991. The molecule has 1 atom stereocenters. The van der Waals surface area contributed by atoms with Gasteiger partial charge in [0, 0.05) is 19.2 Å². The van der Waals surface area contributed by atoms with Crippen LogP contribution >= 0.6 is 0 Å². The number of anilines is 1. The minimum Gasteiger partial charge on any atom is -0.595 e. The molecule has 7 heteroatoms. The Labute approximate surface area is 117 Å². The van der Waals surface area contributed by atoms with Gasteiger partial charge in [-0.15, -0.1) is 0 Å². The summed E-state index contributed by atoms with van der Waals surface area (Å²) in [4.78, 5) is -0.0521. The van der Waals surface area contributed by atoms with Crippen molar-refractivity contribution in [1.29, 1.82) is 0 Å². The number of hydrogen-bond acceptors (Lipinski definition) is 4. The number of nitrogens with one attached hydrogen (secondary N) is 1. The molecule has 0 spiro atoms. The first-order chi connectivity index (χ1) is 9.43. The highest BCUT2D eigenvalue weighted by atomic mass is 32.2. The summed E-state index contributed by atoms with van der Waals surface area (Å²) in [7, 11) is -2.35. The lowest BCUT2D eigenvalue weighted by Crippen LogP contribution is -2.99. The first-order valence-electron chi connectivity index (χ1n) is 5.80. The van der Waals surface area contributed by atoms with Crippen LogP contribution in [-0.2, 0) is 10.0 Å². The molecule has 1 unspecified atom stereocenters. The molecule has 0 fully saturated rings. The molecule has 0 aliphatic carbocycles. The highest BCUT2D eigenvalue weighted by Gasteiger charge is 2.22. The Morgan fingerprint density at radius 2 is 1.75 bits per heavy atom. The van der Waals surface area contributed by atoms with Crippen LogP contribution < -0.4 is 9.53 Å². The van der Waals surface area contributed by atoms with Crippen molar-refractivity contribution in [1.82, 2.24) is 0 Å². The van der Waals surface area contributed by atoms with E-state index in [0.717, 1.165) is 10.4 Å². The van der Waals surface area contributed by atoms with E-state index in [1.165, 1.54) is 25.2 Å². The monoisotopic (exact) mass is 294 g/mol. The van der Waals surface area contributed by atoms with Gasteiger partial charge in [0.05, 0.1) is 10.6 Å². The van der Waals surface area contributed by atoms with Gasteiger partial charge in [-0.1, -0.05) is 24.3 Å². The Morgan fingerprint density at radius 1 is 1.10 bits per heavy atom. The Bertz CT molecular complexity index is 687. The van der Waals surface area contributed by atoms with Crippen molar-refractivity contribution in [3.63, 3.8) is 0 Å². The van der Waals surface area contributed by atoms with E-state index in [4.69, 9.17) is 5.21 Å². The molecule has 0 aliphatic rings. The summed E-state index contributed by atoms with van der Waals surface area (Å²) in [5.74, 6) is 0. The predicted molar refractivity (Wildman–Crippen MR) is 74.2 cm³/mol. The number of benzene rings is 2. The van der Waals surface area contributed by atoms with Crippen molar-refractivity contribution in [3.8, 4) is 0 Å². The molecular formula is C13H14N2O4S. The number of quaternary nitrogens is 1. The number of sulfonamides is 1. The van der Waals surface area contributed by atoms with Gasteiger partial charge in [-0.2, -0.15) is 5.23 Å². The van der Waals surface area contributed by atoms with E-state index in [0.29, 0.717) is 5.69 Å². The average Bonchev–Trinajstić information content (AvgIpc) is 2.47. The third-order valence-electron chi connectivity index (χ3n) is 2.86. The molecule has 20 heavy (non-hydrogen) atoms. The van der Waals surface area contributed by atoms with Gasteiger partial charge in [0.1, 0.15) is 0 Å². The van der Waals surface area contributed by atoms with Crippen molar-refractivity contribution >= 4 is 21.4 Å². The van der Waals surface area contributed by atoms with Gasteiger partial charge < -0.3 is 5.21 Å². The van der Waals surface area contributed by atoms with Crippen LogP contribution in [0.3, 0.4) is 0 Å². The van der Waals surface area contributed by atoms with E-state index in [1.807, 2.05) is 0 Å². The molecule has 2 rings (SSSR count). The number of hydrogen-bond donors (Lipinski definition) is 2. The molecule has 0 bridgehead atoms. The molecule has 0 heterocycles. The van der Waals surface area contributed by atoms with Crippen LogP contribution in [-0.4, -0.2) is 20.7 Å². The van der Waals surface area contributed by atoms with Gasteiger partial charge in [0.2, 0.25) is 0 Å². The molecule has 2 aromatic rings. The number of nitrogens with zero attached hydrogens (tertiary/aromatic N) is 1. The smallest absolute Gasteiger partial charge is 0.264 e. The van der Waals surface area contributed by atoms with Gasteiger partial charge in [0.15, 0.2) is 5.69 Å². The summed E-state index contributed by atoms with van der Waals surface area (Å²) >= 11 is 0. The van der Waals surface area contributed by atoms with E-state index in [-0.39, 0.29) is 10.6 Å². The molecule has 2 N–H and O–H groups in total. The highest BCUT2D eigenvalue weighted by molar-refractivity contribution is 7.92. The van der Waals surface area contributed by atoms with Crippen LogP contribution in [0, 0.1) is 5.21 Å². The van der Waals surface area contributed by atoms with Crippen molar-refractivity contribution in [2.75, 3.05) is 11.4 Å². The van der Waals surface area contributed by atoms with Gasteiger partial charge in [-0.05, 0) is 18.2 Å². The van der Waals surface area contributed by atoms with Crippen LogP contribution in [0.5, 0.6) is 0 Å². The van der Waals surface area contributed by atoms with Crippen molar-refractivity contribution in [2.45, 2.75) is 4.90 Å². The second kappa shape index (κ2) is 5.59. The highest BCUT2D eigenvalue weighted by Crippen LogP contribution is 2.22. The quantitative estimate of drug-likeness (QED) is 0.821. The van der Waals surface area contributed by atoms with Crippen molar-refractivity contribution in [2.24, 2.45) is 0 Å². The van der Waals surface area contributed by atoms with Crippen molar-refractivity contribution < 1.29 is 18.9 Å². The summed E-state index contributed by atoms with van der Waals surface area (Å²) in [6.07, 6.45) is 0. The maximum absolute atomic E-state index is 12.4. The molecule has 0 saturated carbocycles. The maximum atomic E-state index is 12.4. The number of para-hydroxylation sites is 1. The van der Waals surface area contributed by atoms with Crippen molar-refractivity contribution in [3.05, 3.63) is 59.8 Å². The maximum Gasteiger partial charge on any atom is 0.264 e. The standard InChI is InChI=1S/C13H14N2O4S/c1-14(11-6-3-2-4-7-11)20(18,19)13-9-5-8-12(10-13)15(16)17/h2-10,15-16H,1H3. The zero-order valence-electron chi connectivity index (χ0n) is 10.7. The third kappa shape index (κ3) is 2.81.